The summed E-state index contributed by atoms with van der Waals surface area (Å²) < 4.78 is 30.6. The second kappa shape index (κ2) is 4.54. The smallest absolute Gasteiger partial charge is 0.333 e. The molecule has 4 N–H and O–H groups in total. The van der Waals surface area contributed by atoms with Crippen molar-refractivity contribution in [3.8, 4) is 0 Å². The monoisotopic (exact) mass is 224 g/mol. The Morgan fingerprint density at radius 2 is 2.07 bits per heavy atom. The van der Waals surface area contributed by atoms with Gasteiger partial charge in [-0.2, -0.15) is 8.42 Å². The Labute approximate surface area is 83.8 Å². The van der Waals surface area contributed by atoms with Crippen LogP contribution in [0.4, 0.5) is 0 Å². The summed E-state index contributed by atoms with van der Waals surface area (Å²) in [6.45, 7) is 0.0897. The molecule has 1 saturated carbocycles. The number of nitrogens with two attached hydrogens (primary N) is 2. The van der Waals surface area contributed by atoms with Crippen molar-refractivity contribution in [2.75, 3.05) is 13.7 Å². The molecule has 0 spiro atoms. The van der Waals surface area contributed by atoms with Gasteiger partial charge in [0.25, 0.3) is 0 Å². The van der Waals surface area contributed by atoms with Gasteiger partial charge in [-0.1, -0.05) is 0 Å². The Balaban J connectivity index is 2.36. The predicted molar refractivity (Wildman–Crippen MR) is 50.6 cm³/mol. The highest BCUT2D eigenvalue weighted by atomic mass is 32.2. The Hall–Kier alpha value is -0.210. The Morgan fingerprint density at radius 1 is 1.43 bits per heavy atom. The maximum atomic E-state index is 10.5. The van der Waals surface area contributed by atoms with Crippen molar-refractivity contribution in [2.24, 2.45) is 16.8 Å². The van der Waals surface area contributed by atoms with Crippen LogP contribution in [0.25, 0.3) is 0 Å². The standard InChI is InChI=1S/C7H16N2O4S/c1-12-7-3-5(2-6(7)8)4-13-14(9,10)11/h5-7H,2-4,8H2,1H3,(H2,9,10,11)/t5-,6?,7?/m0/s1. The van der Waals surface area contributed by atoms with E-state index in [9.17, 15) is 8.42 Å². The van der Waals surface area contributed by atoms with E-state index in [1.54, 1.807) is 7.11 Å². The molecule has 6 nitrogen and oxygen atoms in total. The molecule has 1 aliphatic rings. The van der Waals surface area contributed by atoms with Crippen LogP contribution in [0.2, 0.25) is 0 Å². The van der Waals surface area contributed by atoms with Gasteiger partial charge in [0, 0.05) is 13.2 Å². The molecule has 0 heterocycles. The average molecular weight is 224 g/mol. The molecule has 0 saturated heterocycles. The highest BCUT2D eigenvalue weighted by molar-refractivity contribution is 7.84. The molecule has 2 unspecified atom stereocenters. The van der Waals surface area contributed by atoms with Gasteiger partial charge in [0.1, 0.15) is 0 Å². The summed E-state index contributed by atoms with van der Waals surface area (Å²) in [6, 6.07) is -0.0471. The lowest BCUT2D eigenvalue weighted by molar-refractivity contribution is 0.0909. The molecular weight excluding hydrogens is 208 g/mol. The number of hydrogen-bond acceptors (Lipinski definition) is 5. The van der Waals surface area contributed by atoms with Crippen molar-refractivity contribution in [3.63, 3.8) is 0 Å². The van der Waals surface area contributed by atoms with Gasteiger partial charge in [-0.25, -0.2) is 5.14 Å². The van der Waals surface area contributed by atoms with Gasteiger partial charge >= 0.3 is 10.3 Å². The van der Waals surface area contributed by atoms with E-state index in [1.807, 2.05) is 0 Å². The fraction of sp³-hybridized carbons (Fsp3) is 1.00. The van der Waals surface area contributed by atoms with Crippen molar-refractivity contribution in [2.45, 2.75) is 25.0 Å². The molecule has 84 valence electrons. The van der Waals surface area contributed by atoms with Crippen molar-refractivity contribution >= 4 is 10.3 Å². The van der Waals surface area contributed by atoms with E-state index in [0.29, 0.717) is 12.8 Å². The molecule has 3 atom stereocenters. The van der Waals surface area contributed by atoms with E-state index in [2.05, 4.69) is 4.18 Å². The van der Waals surface area contributed by atoms with Crippen LogP contribution < -0.4 is 10.9 Å². The second-order valence-corrected chi connectivity index (χ2v) is 4.77. The predicted octanol–water partition coefficient (Wildman–Crippen LogP) is -1.04. The summed E-state index contributed by atoms with van der Waals surface area (Å²) in [4.78, 5) is 0. The van der Waals surface area contributed by atoms with Crippen LogP contribution in [0.15, 0.2) is 0 Å². The summed E-state index contributed by atoms with van der Waals surface area (Å²) >= 11 is 0. The van der Waals surface area contributed by atoms with Gasteiger partial charge < -0.3 is 10.5 Å². The zero-order valence-corrected chi connectivity index (χ0v) is 8.87. The molecule has 0 aliphatic heterocycles. The van der Waals surface area contributed by atoms with Gasteiger partial charge in [0.2, 0.25) is 0 Å². The lowest BCUT2D eigenvalue weighted by Crippen LogP contribution is -2.30. The largest absolute Gasteiger partial charge is 0.380 e. The quantitative estimate of drug-likeness (QED) is 0.634. The summed E-state index contributed by atoms with van der Waals surface area (Å²) in [5.41, 5.74) is 5.76. The van der Waals surface area contributed by atoms with E-state index in [0.717, 1.165) is 0 Å². The molecule has 0 bridgehead atoms. The van der Waals surface area contributed by atoms with Crippen molar-refractivity contribution < 1.29 is 17.3 Å². The minimum Gasteiger partial charge on any atom is -0.380 e. The zero-order chi connectivity index (χ0) is 10.8. The van der Waals surface area contributed by atoms with Crippen LogP contribution in [0.1, 0.15) is 12.8 Å². The van der Waals surface area contributed by atoms with Gasteiger partial charge in [-0.05, 0) is 18.8 Å². The third-order valence-electron chi connectivity index (χ3n) is 2.42. The summed E-state index contributed by atoms with van der Waals surface area (Å²) in [7, 11) is -2.24. The number of methoxy groups -OCH3 is 1. The summed E-state index contributed by atoms with van der Waals surface area (Å²) in [5.74, 6) is 0.105. The van der Waals surface area contributed by atoms with E-state index >= 15 is 0 Å². The first-order valence-corrected chi connectivity index (χ1v) is 5.85. The van der Waals surface area contributed by atoms with Crippen molar-refractivity contribution in [1.29, 1.82) is 0 Å². The van der Waals surface area contributed by atoms with Gasteiger partial charge in [-0.15, -0.1) is 0 Å². The van der Waals surface area contributed by atoms with Crippen molar-refractivity contribution in [1.82, 2.24) is 0 Å². The topological polar surface area (TPSA) is 105 Å². The summed E-state index contributed by atoms with van der Waals surface area (Å²) in [5, 5.41) is 4.70. The SMILES string of the molecule is COC1C[C@@H](COS(N)(=O)=O)CC1N. The fourth-order valence-corrected chi connectivity index (χ4v) is 2.12. The van der Waals surface area contributed by atoms with Crippen LogP contribution in [0.3, 0.4) is 0 Å². The molecule has 0 aromatic rings. The molecule has 7 heteroatoms. The lowest BCUT2D eigenvalue weighted by Gasteiger charge is -2.11. The van der Waals surface area contributed by atoms with Crippen LogP contribution in [0, 0.1) is 5.92 Å². The Kier molecular flexibility index (Phi) is 3.85. The van der Waals surface area contributed by atoms with Crippen LogP contribution in [0.5, 0.6) is 0 Å². The molecule has 0 aromatic carbocycles. The van der Waals surface area contributed by atoms with Crippen LogP contribution in [-0.2, 0) is 19.2 Å². The third-order valence-corrected chi connectivity index (χ3v) is 2.88. The van der Waals surface area contributed by atoms with Crippen molar-refractivity contribution in [3.05, 3.63) is 0 Å². The highest BCUT2D eigenvalue weighted by Crippen LogP contribution is 2.26. The second-order valence-electron chi connectivity index (χ2n) is 3.55. The molecule has 0 radical (unpaired) electrons. The van der Waals surface area contributed by atoms with E-state index in [1.165, 1.54) is 0 Å². The van der Waals surface area contributed by atoms with Crippen LogP contribution in [-0.4, -0.2) is 34.3 Å². The minimum absolute atomic E-state index is 0.0101. The molecule has 14 heavy (non-hydrogen) atoms. The zero-order valence-electron chi connectivity index (χ0n) is 8.05. The fourth-order valence-electron chi connectivity index (χ4n) is 1.73. The van der Waals surface area contributed by atoms with Gasteiger partial charge in [0.15, 0.2) is 0 Å². The van der Waals surface area contributed by atoms with Gasteiger partial charge in [0.05, 0.1) is 12.7 Å². The van der Waals surface area contributed by atoms with E-state index in [4.69, 9.17) is 15.6 Å². The molecule has 1 fully saturated rings. The molecule has 0 aromatic heterocycles. The average Bonchev–Trinajstić information content (AvgIpc) is 2.42. The number of ether oxygens (including phenoxy) is 1. The van der Waals surface area contributed by atoms with Gasteiger partial charge in [-0.3, -0.25) is 4.18 Å². The summed E-state index contributed by atoms with van der Waals surface area (Å²) in [6.07, 6.45) is 1.41. The first kappa shape index (κ1) is 11.9. The highest BCUT2D eigenvalue weighted by Gasteiger charge is 2.32. The number of rotatable bonds is 4. The Bertz CT molecular complexity index is 279. The van der Waals surface area contributed by atoms with E-state index in [-0.39, 0.29) is 24.7 Å². The normalized spacial score (nSPS) is 33.5. The number of hydrogen-bond donors (Lipinski definition) is 2. The van der Waals surface area contributed by atoms with Crippen LogP contribution >= 0.6 is 0 Å². The third kappa shape index (κ3) is 3.50. The lowest BCUT2D eigenvalue weighted by atomic mass is 10.1. The first-order chi connectivity index (χ1) is 6.42. The maximum Gasteiger partial charge on any atom is 0.333 e. The van der Waals surface area contributed by atoms with E-state index < -0.39 is 10.3 Å². The maximum absolute atomic E-state index is 10.5. The molecule has 1 rings (SSSR count). The first-order valence-electron chi connectivity index (χ1n) is 4.38. The molecule has 1 aliphatic carbocycles. The Morgan fingerprint density at radius 3 is 2.50 bits per heavy atom. The molecular formula is C7H16N2O4S. The minimum atomic E-state index is -3.83. The molecule has 0 amide bonds.